The fraction of sp³-hybridized carbons (Fsp3) is 0.0870. The Balaban J connectivity index is 0.000000200. The van der Waals surface area contributed by atoms with E-state index in [0.29, 0.717) is 17.9 Å². The summed E-state index contributed by atoms with van der Waals surface area (Å²) in [6.07, 6.45) is 5.81. The molecule has 0 saturated heterocycles. The normalized spacial score (nSPS) is 10.2. The molecule has 0 fully saturated rings. The van der Waals surface area contributed by atoms with E-state index in [4.69, 9.17) is 23.7 Å². The van der Waals surface area contributed by atoms with E-state index in [0.717, 1.165) is 86.8 Å². The van der Waals surface area contributed by atoms with Gasteiger partial charge >= 0.3 is 29.8 Å². The summed E-state index contributed by atoms with van der Waals surface area (Å²) in [6, 6.07) is 72.8. The molecule has 0 amide bonds. The molecule has 8 aromatic carbocycles. The van der Waals surface area contributed by atoms with Gasteiger partial charge in [-0.3, -0.25) is 0 Å². The monoisotopic (exact) mass is 1080 g/mol. The summed E-state index contributed by atoms with van der Waals surface area (Å²) < 4.78 is 25.3. The lowest BCUT2D eigenvalue weighted by molar-refractivity contribution is -0.156. The predicted octanol–water partition coefficient (Wildman–Crippen LogP) is 15.4. The van der Waals surface area contributed by atoms with Gasteiger partial charge in [-0.1, -0.05) is 167 Å². The van der Waals surface area contributed by atoms with Gasteiger partial charge in [-0.05, 0) is 114 Å². The highest BCUT2D eigenvalue weighted by Crippen LogP contribution is 2.41. The van der Waals surface area contributed by atoms with Crippen LogP contribution in [-0.4, -0.2) is 49.7 Å². The van der Waals surface area contributed by atoms with Crippen molar-refractivity contribution in [3.63, 3.8) is 0 Å². The van der Waals surface area contributed by atoms with Crippen LogP contribution >= 0.6 is 0 Å². The summed E-state index contributed by atoms with van der Waals surface area (Å²) in [4.78, 5) is 60.8. The van der Waals surface area contributed by atoms with Gasteiger partial charge in [-0.2, -0.15) is 0 Å². The highest BCUT2D eigenvalue weighted by atomic mass is 16.6. The number of benzene rings is 8. The van der Waals surface area contributed by atoms with E-state index < -0.39 is 35.3 Å². The lowest BCUT2D eigenvalue weighted by Gasteiger charge is -2.30. The maximum Gasteiger partial charge on any atom is 0.335 e. The number of hydrogen-bond donors (Lipinski definition) is 0. The Morgan fingerprint density at radius 1 is 0.358 bits per heavy atom. The second-order valence-electron chi connectivity index (χ2n) is 17.7. The van der Waals surface area contributed by atoms with Gasteiger partial charge in [-0.25, -0.2) is 24.0 Å². The Hall–Kier alpha value is -10.6. The molecule has 12 heteroatoms. The maximum atomic E-state index is 11.4. The van der Waals surface area contributed by atoms with E-state index in [1.807, 2.05) is 109 Å². The van der Waals surface area contributed by atoms with Crippen LogP contribution in [-0.2, 0) is 38.2 Å². The van der Waals surface area contributed by atoms with Crippen molar-refractivity contribution in [2.24, 2.45) is 5.41 Å². The van der Waals surface area contributed by atoms with E-state index in [-0.39, 0.29) is 19.8 Å². The van der Waals surface area contributed by atoms with Crippen LogP contribution in [0, 0.1) is 5.41 Å². The van der Waals surface area contributed by atoms with E-state index in [2.05, 4.69) is 128 Å². The number of rotatable bonds is 22. The summed E-state index contributed by atoms with van der Waals surface area (Å²) in [5.74, 6) is -1.78. The van der Waals surface area contributed by atoms with Crippen molar-refractivity contribution in [2.75, 3.05) is 29.6 Å². The van der Waals surface area contributed by atoms with Gasteiger partial charge in [0.1, 0.15) is 31.3 Å². The van der Waals surface area contributed by atoms with Gasteiger partial charge in [0.25, 0.3) is 0 Å². The standard InChI is InChI=1S/2C27H21NO2.C15H20O6/c1-2-27(29)30-24-19-17-21(18-20-24)25-15-9-10-16-26(25)28(22-11-5-3-6-12-22)23-13-7-4-8-14-23;1-2-27(29)30-26-19-15-22(16-20-26)21-13-17-25(18-14-21)28(23-9-5-3-6-10-23)24-11-7-4-8-12-24;1-5-12(16)19-9-15(8-4,10-20-13(17)6-2)11-21-14(18)7-3/h2*2-20H,1H2;5-7H,1-3,8-11H2,4H3. The first-order valence-corrected chi connectivity index (χ1v) is 25.7. The molecule has 0 spiro atoms. The molecule has 0 bridgehead atoms. The maximum absolute atomic E-state index is 11.4. The Bertz CT molecular complexity index is 3230. The smallest absolute Gasteiger partial charge is 0.335 e. The molecule has 0 heterocycles. The number of hydrogen-bond acceptors (Lipinski definition) is 12. The Kier molecular flexibility index (Phi) is 22.8. The number of nitrogens with zero attached hydrogens (tertiary/aromatic N) is 2. The van der Waals surface area contributed by atoms with Crippen molar-refractivity contribution < 1.29 is 47.7 Å². The minimum absolute atomic E-state index is 0.0802. The third-order valence-corrected chi connectivity index (χ3v) is 12.3. The molecule has 8 rings (SSSR count). The van der Waals surface area contributed by atoms with E-state index in [1.165, 1.54) is 0 Å². The quantitative estimate of drug-likeness (QED) is 0.0276. The van der Waals surface area contributed by atoms with E-state index in [1.54, 1.807) is 31.2 Å². The zero-order valence-corrected chi connectivity index (χ0v) is 45.0. The third-order valence-electron chi connectivity index (χ3n) is 12.3. The van der Waals surface area contributed by atoms with Gasteiger partial charge < -0.3 is 33.5 Å². The van der Waals surface area contributed by atoms with Crippen LogP contribution in [0.15, 0.2) is 282 Å². The fourth-order valence-corrected chi connectivity index (χ4v) is 7.91. The van der Waals surface area contributed by atoms with Crippen molar-refractivity contribution in [1.82, 2.24) is 0 Å². The largest absolute Gasteiger partial charge is 0.462 e. The lowest BCUT2D eigenvalue weighted by atomic mass is 9.88. The van der Waals surface area contributed by atoms with Crippen molar-refractivity contribution >= 4 is 64.0 Å². The van der Waals surface area contributed by atoms with Crippen LogP contribution in [0.5, 0.6) is 11.5 Å². The topological polar surface area (TPSA) is 138 Å². The van der Waals surface area contributed by atoms with Crippen LogP contribution in [0.2, 0.25) is 0 Å². The van der Waals surface area contributed by atoms with E-state index >= 15 is 0 Å². The predicted molar refractivity (Wildman–Crippen MR) is 321 cm³/mol. The number of anilines is 6. The van der Waals surface area contributed by atoms with Gasteiger partial charge in [0.05, 0.1) is 11.1 Å². The molecular formula is C69H62N2O10. The number of carbonyl (C=O) groups excluding carboxylic acids is 5. The number of carbonyl (C=O) groups is 5. The molecule has 0 aromatic heterocycles. The average molecular weight is 1080 g/mol. The molecule has 0 radical (unpaired) electrons. The molecule has 0 aliphatic heterocycles. The molecule has 12 nitrogen and oxygen atoms in total. The molecule has 408 valence electrons. The first kappa shape index (κ1) is 59.7. The second kappa shape index (κ2) is 31.0. The SMILES string of the molecule is C=CC(=O)OCC(CC)(COC(=O)C=C)COC(=O)C=C.C=CC(=O)Oc1ccc(-c2ccc(N(c3ccccc3)c3ccccc3)cc2)cc1.C=CC(=O)Oc1ccc(-c2ccccc2N(c2ccccc2)c2ccccc2)cc1. The summed E-state index contributed by atoms with van der Waals surface area (Å²) in [5.41, 5.74) is 9.89. The minimum atomic E-state index is -0.837. The summed E-state index contributed by atoms with van der Waals surface area (Å²) in [5, 5.41) is 0. The summed E-state index contributed by atoms with van der Waals surface area (Å²) in [7, 11) is 0. The van der Waals surface area contributed by atoms with Crippen molar-refractivity contribution in [3.8, 4) is 33.8 Å². The van der Waals surface area contributed by atoms with Gasteiger partial charge in [-0.15, -0.1) is 0 Å². The lowest BCUT2D eigenvalue weighted by Crippen LogP contribution is -2.38. The zero-order valence-electron chi connectivity index (χ0n) is 45.0. The van der Waals surface area contributed by atoms with Crippen LogP contribution in [0.3, 0.4) is 0 Å². The molecule has 81 heavy (non-hydrogen) atoms. The molecule has 8 aromatic rings. The van der Waals surface area contributed by atoms with Crippen molar-refractivity contribution in [3.05, 3.63) is 282 Å². The molecule has 0 unspecified atom stereocenters. The van der Waals surface area contributed by atoms with Crippen LogP contribution in [0.25, 0.3) is 22.3 Å². The van der Waals surface area contributed by atoms with E-state index in [9.17, 15) is 24.0 Å². The van der Waals surface area contributed by atoms with Crippen LogP contribution in [0.1, 0.15) is 13.3 Å². The number of para-hydroxylation sites is 5. The van der Waals surface area contributed by atoms with Crippen LogP contribution in [0.4, 0.5) is 34.1 Å². The zero-order chi connectivity index (χ0) is 57.8. The molecule has 0 N–H and O–H groups in total. The fourth-order valence-electron chi connectivity index (χ4n) is 7.91. The van der Waals surface area contributed by atoms with Crippen molar-refractivity contribution in [1.29, 1.82) is 0 Å². The summed E-state index contributed by atoms with van der Waals surface area (Å²) >= 11 is 0. The first-order chi connectivity index (χ1) is 39.4. The molecule has 0 atom stereocenters. The minimum Gasteiger partial charge on any atom is -0.462 e. The first-order valence-electron chi connectivity index (χ1n) is 25.7. The summed E-state index contributed by atoms with van der Waals surface area (Å²) in [6.45, 7) is 18.3. The third kappa shape index (κ3) is 17.7. The Morgan fingerprint density at radius 3 is 1.00 bits per heavy atom. The van der Waals surface area contributed by atoms with Crippen molar-refractivity contribution in [2.45, 2.75) is 13.3 Å². The highest BCUT2D eigenvalue weighted by molar-refractivity contribution is 5.89. The Morgan fingerprint density at radius 2 is 0.654 bits per heavy atom. The molecule has 0 aliphatic rings. The highest BCUT2D eigenvalue weighted by Gasteiger charge is 2.33. The Labute approximate surface area is 473 Å². The van der Waals surface area contributed by atoms with Gasteiger partial charge in [0, 0.05) is 64.4 Å². The van der Waals surface area contributed by atoms with Crippen LogP contribution < -0.4 is 19.3 Å². The molecule has 0 saturated carbocycles. The molecule has 0 aliphatic carbocycles. The number of esters is 5. The molecular weight excluding hydrogens is 1020 g/mol. The number of ether oxygens (including phenoxy) is 5. The van der Waals surface area contributed by atoms with Gasteiger partial charge in [0.15, 0.2) is 0 Å². The van der Waals surface area contributed by atoms with Gasteiger partial charge in [0.2, 0.25) is 0 Å². The average Bonchev–Trinajstić information content (AvgIpc) is 3.56. The second-order valence-corrected chi connectivity index (χ2v) is 17.7.